The second-order valence-corrected chi connectivity index (χ2v) is 10.5. The number of hydrogen-bond acceptors (Lipinski definition) is 5. The van der Waals surface area contributed by atoms with Gasteiger partial charge < -0.3 is 4.74 Å². The van der Waals surface area contributed by atoms with Crippen LogP contribution in [0.2, 0.25) is 0 Å². The largest absolute Gasteiger partial charge is 0.454 e. The molecule has 32 heavy (non-hydrogen) atoms. The van der Waals surface area contributed by atoms with Gasteiger partial charge in [-0.2, -0.15) is 0 Å². The topological polar surface area (TPSA) is 80.8 Å². The molecular formula is C24H19Br2NO5. The number of hydrogen-bond donors (Lipinski definition) is 0. The summed E-state index contributed by atoms with van der Waals surface area (Å²) < 4.78 is 5.13. The van der Waals surface area contributed by atoms with Crippen molar-refractivity contribution in [2.24, 2.45) is 23.7 Å². The van der Waals surface area contributed by atoms with E-state index < -0.39 is 5.97 Å². The Kier molecular flexibility index (Phi) is 5.53. The van der Waals surface area contributed by atoms with Crippen molar-refractivity contribution in [2.75, 3.05) is 11.5 Å². The third kappa shape index (κ3) is 3.35. The molecule has 5 rings (SSSR count). The zero-order valence-corrected chi connectivity index (χ0v) is 20.0. The minimum Gasteiger partial charge on any atom is -0.454 e. The maximum Gasteiger partial charge on any atom is 0.338 e. The van der Waals surface area contributed by atoms with Crippen molar-refractivity contribution in [3.05, 3.63) is 65.7 Å². The summed E-state index contributed by atoms with van der Waals surface area (Å²) in [6.45, 7) is -0.360. The number of carbonyl (C=O) groups excluding carboxylic acids is 4. The van der Waals surface area contributed by atoms with Gasteiger partial charge in [-0.3, -0.25) is 19.3 Å². The quantitative estimate of drug-likeness (QED) is 0.239. The number of benzene rings is 2. The standard InChI is InChI=1S/C24H19Br2NO5/c25-20-15-10-16(21(20)26)19-18(15)22(29)27(23(19)30)14-8-6-13(7-9-14)24(31)32-11-17(28)12-4-2-1-3-5-12/h1-9,15-16,18-21H,10-11H2/t15-,16-,18-,19-,20-,21+/m0/s1. The molecule has 2 saturated carbocycles. The third-order valence-electron chi connectivity index (χ3n) is 6.78. The number of carbonyl (C=O) groups is 4. The zero-order chi connectivity index (χ0) is 22.6. The minimum atomic E-state index is -0.640. The molecule has 6 atom stereocenters. The Balaban J connectivity index is 1.27. The van der Waals surface area contributed by atoms with E-state index in [0.717, 1.165) is 6.42 Å². The van der Waals surface area contributed by atoms with Crippen molar-refractivity contribution in [3.63, 3.8) is 0 Å². The van der Waals surface area contributed by atoms with Crippen LogP contribution < -0.4 is 4.90 Å². The highest BCUT2D eigenvalue weighted by Gasteiger charge is 2.66. The van der Waals surface area contributed by atoms with Crippen molar-refractivity contribution in [1.82, 2.24) is 0 Å². The number of imide groups is 1. The Bertz CT molecular complexity index is 1070. The lowest BCUT2D eigenvalue weighted by Crippen LogP contribution is -2.37. The molecule has 2 aliphatic carbocycles. The highest BCUT2D eigenvalue weighted by molar-refractivity contribution is 9.12. The summed E-state index contributed by atoms with van der Waals surface area (Å²) in [6, 6.07) is 14.8. The fourth-order valence-electron chi connectivity index (χ4n) is 5.27. The highest BCUT2D eigenvalue weighted by Crippen LogP contribution is 2.60. The third-order valence-corrected chi connectivity index (χ3v) is 9.99. The van der Waals surface area contributed by atoms with Crippen molar-refractivity contribution < 1.29 is 23.9 Å². The van der Waals surface area contributed by atoms with Crippen LogP contribution in [-0.2, 0) is 14.3 Å². The van der Waals surface area contributed by atoms with E-state index in [1.807, 2.05) is 0 Å². The second kappa shape index (κ2) is 8.23. The summed E-state index contributed by atoms with van der Waals surface area (Å²) >= 11 is 7.36. The van der Waals surface area contributed by atoms with E-state index in [1.54, 1.807) is 42.5 Å². The first-order valence-electron chi connectivity index (χ1n) is 10.4. The predicted molar refractivity (Wildman–Crippen MR) is 124 cm³/mol. The van der Waals surface area contributed by atoms with Crippen molar-refractivity contribution >= 4 is 61.1 Å². The average molecular weight is 561 g/mol. The van der Waals surface area contributed by atoms with E-state index in [0.29, 0.717) is 11.3 Å². The summed E-state index contributed by atoms with van der Waals surface area (Å²) in [5.74, 6) is -1.56. The van der Waals surface area contributed by atoms with E-state index in [4.69, 9.17) is 4.74 Å². The lowest BCUT2D eigenvalue weighted by atomic mass is 9.81. The number of Topliss-reactive ketones (excluding diaryl/α,β-unsaturated/α-hetero) is 1. The number of rotatable bonds is 5. The smallest absolute Gasteiger partial charge is 0.338 e. The minimum absolute atomic E-state index is 0.146. The number of anilines is 1. The van der Waals surface area contributed by atoms with Gasteiger partial charge in [0.15, 0.2) is 12.4 Å². The molecule has 0 radical (unpaired) electrons. The monoisotopic (exact) mass is 559 g/mol. The van der Waals surface area contributed by atoms with Gasteiger partial charge in [-0.25, -0.2) is 4.79 Å². The van der Waals surface area contributed by atoms with E-state index in [2.05, 4.69) is 31.9 Å². The molecule has 1 aliphatic heterocycles. The fourth-order valence-corrected chi connectivity index (χ4v) is 7.15. The Morgan fingerprint density at radius 1 is 0.844 bits per heavy atom. The summed E-state index contributed by atoms with van der Waals surface area (Å²) in [4.78, 5) is 52.3. The van der Waals surface area contributed by atoms with Gasteiger partial charge in [0.25, 0.3) is 0 Å². The number of ether oxygens (including phenoxy) is 1. The van der Waals surface area contributed by atoms with E-state index in [-0.39, 0.29) is 63.1 Å². The first-order valence-corrected chi connectivity index (χ1v) is 12.2. The first kappa shape index (κ1) is 21.5. The summed E-state index contributed by atoms with van der Waals surface area (Å²) in [6.07, 6.45) is 0.874. The Morgan fingerprint density at radius 3 is 1.97 bits per heavy atom. The molecule has 0 spiro atoms. The maximum absolute atomic E-state index is 13.1. The van der Waals surface area contributed by atoms with Crippen LogP contribution in [0.3, 0.4) is 0 Å². The van der Waals surface area contributed by atoms with Crippen LogP contribution in [0.4, 0.5) is 5.69 Å². The van der Waals surface area contributed by atoms with Gasteiger partial charge >= 0.3 is 5.97 Å². The van der Waals surface area contributed by atoms with E-state index in [1.165, 1.54) is 17.0 Å². The molecule has 1 saturated heterocycles. The van der Waals surface area contributed by atoms with Crippen LogP contribution in [0.5, 0.6) is 0 Å². The zero-order valence-electron chi connectivity index (χ0n) is 16.8. The summed E-state index contributed by atoms with van der Waals surface area (Å²) in [5.41, 5.74) is 1.16. The molecule has 6 nitrogen and oxygen atoms in total. The molecule has 0 N–H and O–H groups in total. The van der Waals surface area contributed by atoms with Gasteiger partial charge in [0.2, 0.25) is 11.8 Å². The highest BCUT2D eigenvalue weighted by atomic mass is 79.9. The molecule has 0 aromatic heterocycles. The van der Waals surface area contributed by atoms with Crippen LogP contribution in [0.1, 0.15) is 27.1 Å². The van der Waals surface area contributed by atoms with Crippen molar-refractivity contribution in [3.8, 4) is 0 Å². The molecular weight excluding hydrogens is 542 g/mol. The van der Waals surface area contributed by atoms with Gasteiger partial charge in [0.05, 0.1) is 23.1 Å². The van der Waals surface area contributed by atoms with Crippen molar-refractivity contribution in [2.45, 2.75) is 16.1 Å². The Morgan fingerprint density at radius 2 is 1.41 bits per heavy atom. The molecule has 2 bridgehead atoms. The molecule has 2 amide bonds. The summed E-state index contributed by atoms with van der Waals surface area (Å²) in [5, 5.41) is 0. The number of alkyl halides is 2. The SMILES string of the molecule is O=C(COC(=O)c1ccc(N2C(=O)[C@H]3[C@@H]4C[C@H]([C@@H](Br)[C@H]4Br)[C@@H]3C2=O)cc1)c1ccccc1. The number of esters is 1. The second-order valence-electron chi connectivity index (χ2n) is 8.43. The van der Waals surface area contributed by atoms with E-state index in [9.17, 15) is 19.2 Å². The fraction of sp³-hybridized carbons (Fsp3) is 0.333. The average Bonchev–Trinajstić information content (AvgIpc) is 3.42. The van der Waals surface area contributed by atoms with E-state index >= 15 is 0 Å². The normalized spacial score (nSPS) is 30.5. The lowest BCUT2D eigenvalue weighted by molar-refractivity contribution is -0.123. The summed E-state index contributed by atoms with van der Waals surface area (Å²) in [7, 11) is 0. The number of amides is 2. The number of halogens is 2. The van der Waals surface area contributed by atoms with Gasteiger partial charge in [0.1, 0.15) is 0 Å². The number of ketones is 1. The number of fused-ring (bicyclic) bond motifs is 5. The lowest BCUT2D eigenvalue weighted by Gasteiger charge is -2.28. The number of nitrogens with zero attached hydrogens (tertiary/aromatic N) is 1. The molecule has 3 aliphatic rings. The Hall–Kier alpha value is -2.32. The van der Waals surface area contributed by atoms with Crippen molar-refractivity contribution in [1.29, 1.82) is 0 Å². The molecule has 0 unspecified atom stereocenters. The van der Waals surface area contributed by atoms with Crippen LogP contribution in [0.15, 0.2) is 54.6 Å². The van der Waals surface area contributed by atoms with Crippen LogP contribution in [-0.4, -0.2) is 39.8 Å². The molecule has 1 heterocycles. The van der Waals surface area contributed by atoms with Gasteiger partial charge in [-0.05, 0) is 42.5 Å². The predicted octanol–water partition coefficient (Wildman–Crippen LogP) is 4.01. The first-order chi connectivity index (χ1) is 15.4. The van der Waals surface area contributed by atoms with Crippen LogP contribution >= 0.6 is 31.9 Å². The Labute approximate surface area is 201 Å². The molecule has 8 heteroatoms. The van der Waals surface area contributed by atoms with Gasteiger partial charge in [0, 0.05) is 15.2 Å². The molecule has 2 aromatic rings. The van der Waals surface area contributed by atoms with Crippen LogP contribution in [0.25, 0.3) is 0 Å². The van der Waals surface area contributed by atoms with Crippen LogP contribution in [0, 0.1) is 23.7 Å². The molecule has 3 fully saturated rings. The van der Waals surface area contributed by atoms with Gasteiger partial charge in [-0.15, -0.1) is 0 Å². The maximum atomic E-state index is 13.1. The van der Waals surface area contributed by atoms with Gasteiger partial charge in [-0.1, -0.05) is 62.2 Å². The molecule has 164 valence electrons. The molecule has 2 aromatic carbocycles.